The van der Waals surface area contributed by atoms with Crippen LogP contribution in [0.3, 0.4) is 0 Å². The SMILES string of the molecule is COc1cc(Oc2ccccc2)nc(C)n1. The number of para-hydroxylation sites is 1. The first-order chi connectivity index (χ1) is 7.78. The van der Waals surface area contributed by atoms with E-state index in [-0.39, 0.29) is 0 Å². The van der Waals surface area contributed by atoms with Gasteiger partial charge in [-0.15, -0.1) is 0 Å². The van der Waals surface area contributed by atoms with Crippen molar-refractivity contribution in [2.24, 2.45) is 0 Å². The fourth-order valence-corrected chi connectivity index (χ4v) is 1.28. The molecule has 0 saturated carbocycles. The maximum atomic E-state index is 5.57. The van der Waals surface area contributed by atoms with E-state index in [1.54, 1.807) is 20.1 Å². The molecule has 1 heterocycles. The first kappa shape index (κ1) is 10.4. The van der Waals surface area contributed by atoms with Gasteiger partial charge < -0.3 is 9.47 Å². The van der Waals surface area contributed by atoms with Crippen LogP contribution in [0.15, 0.2) is 36.4 Å². The van der Waals surface area contributed by atoms with Gasteiger partial charge in [-0.2, -0.15) is 9.97 Å². The van der Waals surface area contributed by atoms with E-state index >= 15 is 0 Å². The molecule has 0 aliphatic heterocycles. The summed E-state index contributed by atoms with van der Waals surface area (Å²) in [5.41, 5.74) is 0. The molecule has 1 aromatic carbocycles. The van der Waals surface area contributed by atoms with Gasteiger partial charge in [-0.05, 0) is 19.1 Å². The third kappa shape index (κ3) is 2.48. The summed E-state index contributed by atoms with van der Waals surface area (Å²) in [6, 6.07) is 11.1. The lowest BCUT2D eigenvalue weighted by molar-refractivity contribution is 0.386. The summed E-state index contributed by atoms with van der Waals surface area (Å²) >= 11 is 0. The Hall–Kier alpha value is -2.10. The predicted molar refractivity (Wildman–Crippen MR) is 59.8 cm³/mol. The van der Waals surface area contributed by atoms with Gasteiger partial charge in [-0.3, -0.25) is 0 Å². The van der Waals surface area contributed by atoms with Gasteiger partial charge in [0.1, 0.15) is 11.6 Å². The van der Waals surface area contributed by atoms with Crippen LogP contribution in [0, 0.1) is 6.92 Å². The number of rotatable bonds is 3. The Morgan fingerprint density at radius 3 is 2.38 bits per heavy atom. The number of methoxy groups -OCH3 is 1. The van der Waals surface area contributed by atoms with Gasteiger partial charge in [0.05, 0.1) is 13.2 Å². The van der Waals surface area contributed by atoms with Crippen LogP contribution in [0.25, 0.3) is 0 Å². The highest BCUT2D eigenvalue weighted by Gasteiger charge is 2.03. The first-order valence-corrected chi connectivity index (χ1v) is 4.90. The first-order valence-electron chi connectivity index (χ1n) is 4.90. The second-order valence-electron chi connectivity index (χ2n) is 3.21. The van der Waals surface area contributed by atoms with E-state index in [0.29, 0.717) is 17.6 Å². The zero-order chi connectivity index (χ0) is 11.4. The van der Waals surface area contributed by atoms with Gasteiger partial charge in [0.25, 0.3) is 0 Å². The molecule has 0 saturated heterocycles. The van der Waals surface area contributed by atoms with Crippen molar-refractivity contribution in [2.75, 3.05) is 7.11 Å². The number of nitrogens with zero attached hydrogens (tertiary/aromatic N) is 2. The Kier molecular flexibility index (Phi) is 3.00. The van der Waals surface area contributed by atoms with Gasteiger partial charge in [0, 0.05) is 0 Å². The van der Waals surface area contributed by atoms with Crippen molar-refractivity contribution in [1.82, 2.24) is 9.97 Å². The van der Waals surface area contributed by atoms with E-state index < -0.39 is 0 Å². The minimum atomic E-state index is 0.482. The number of aryl methyl sites for hydroxylation is 1. The van der Waals surface area contributed by atoms with E-state index in [1.807, 2.05) is 30.3 Å². The zero-order valence-electron chi connectivity index (χ0n) is 9.18. The number of hydrogen-bond donors (Lipinski definition) is 0. The topological polar surface area (TPSA) is 44.2 Å². The zero-order valence-corrected chi connectivity index (χ0v) is 9.18. The molecule has 4 heteroatoms. The Bertz CT molecular complexity index is 472. The fourth-order valence-electron chi connectivity index (χ4n) is 1.28. The molecule has 0 aliphatic carbocycles. The number of benzene rings is 1. The second kappa shape index (κ2) is 4.61. The lowest BCUT2D eigenvalue weighted by Crippen LogP contribution is -1.96. The normalized spacial score (nSPS) is 9.88. The van der Waals surface area contributed by atoms with Crippen molar-refractivity contribution < 1.29 is 9.47 Å². The summed E-state index contributed by atoms with van der Waals surface area (Å²) < 4.78 is 10.6. The van der Waals surface area contributed by atoms with Crippen molar-refractivity contribution in [3.8, 4) is 17.5 Å². The van der Waals surface area contributed by atoms with E-state index in [4.69, 9.17) is 9.47 Å². The second-order valence-corrected chi connectivity index (χ2v) is 3.21. The molecule has 0 unspecified atom stereocenters. The van der Waals surface area contributed by atoms with Gasteiger partial charge in [-0.25, -0.2) is 0 Å². The fraction of sp³-hybridized carbons (Fsp3) is 0.167. The molecule has 1 aromatic heterocycles. The standard InChI is InChI=1S/C12H12N2O2/c1-9-13-11(15-2)8-12(14-9)16-10-6-4-3-5-7-10/h3-8H,1-2H3. The summed E-state index contributed by atoms with van der Waals surface area (Å²) in [7, 11) is 1.56. The highest BCUT2D eigenvalue weighted by molar-refractivity contribution is 5.28. The summed E-state index contributed by atoms with van der Waals surface area (Å²) in [5, 5.41) is 0. The molecule has 0 spiro atoms. The molecule has 0 N–H and O–H groups in total. The molecule has 16 heavy (non-hydrogen) atoms. The van der Waals surface area contributed by atoms with Crippen LogP contribution in [-0.4, -0.2) is 17.1 Å². The average Bonchev–Trinajstić information content (AvgIpc) is 2.29. The Balaban J connectivity index is 2.24. The average molecular weight is 216 g/mol. The lowest BCUT2D eigenvalue weighted by atomic mass is 10.3. The Labute approximate surface area is 93.9 Å². The minimum Gasteiger partial charge on any atom is -0.481 e. The molecular formula is C12H12N2O2. The van der Waals surface area contributed by atoms with Crippen molar-refractivity contribution in [2.45, 2.75) is 6.92 Å². The highest BCUT2D eigenvalue weighted by Crippen LogP contribution is 2.21. The lowest BCUT2D eigenvalue weighted by Gasteiger charge is -2.06. The van der Waals surface area contributed by atoms with Crippen molar-refractivity contribution in [3.05, 3.63) is 42.2 Å². The van der Waals surface area contributed by atoms with Crippen LogP contribution < -0.4 is 9.47 Å². The Morgan fingerprint density at radius 2 is 1.69 bits per heavy atom. The molecular weight excluding hydrogens is 204 g/mol. The van der Waals surface area contributed by atoms with Crippen LogP contribution in [0.4, 0.5) is 0 Å². The van der Waals surface area contributed by atoms with E-state index in [9.17, 15) is 0 Å². The monoisotopic (exact) mass is 216 g/mol. The molecule has 2 aromatic rings. The highest BCUT2D eigenvalue weighted by atomic mass is 16.5. The molecule has 0 amide bonds. The summed E-state index contributed by atoms with van der Waals surface area (Å²) in [5.74, 6) is 2.34. The molecule has 0 atom stereocenters. The smallest absolute Gasteiger partial charge is 0.226 e. The quantitative estimate of drug-likeness (QED) is 0.791. The van der Waals surface area contributed by atoms with Crippen LogP contribution in [0.5, 0.6) is 17.5 Å². The maximum Gasteiger partial charge on any atom is 0.226 e. The van der Waals surface area contributed by atoms with E-state index in [2.05, 4.69) is 9.97 Å². The van der Waals surface area contributed by atoms with Crippen LogP contribution in [0.2, 0.25) is 0 Å². The molecule has 4 nitrogen and oxygen atoms in total. The number of ether oxygens (including phenoxy) is 2. The Morgan fingerprint density at radius 1 is 1.00 bits per heavy atom. The number of aromatic nitrogens is 2. The van der Waals surface area contributed by atoms with Gasteiger partial charge in [0.2, 0.25) is 11.8 Å². The molecule has 0 aliphatic rings. The van der Waals surface area contributed by atoms with Crippen LogP contribution in [0.1, 0.15) is 5.82 Å². The van der Waals surface area contributed by atoms with Gasteiger partial charge >= 0.3 is 0 Å². The largest absolute Gasteiger partial charge is 0.481 e. The molecule has 0 bridgehead atoms. The minimum absolute atomic E-state index is 0.482. The molecule has 0 fully saturated rings. The molecule has 0 radical (unpaired) electrons. The summed E-state index contributed by atoms with van der Waals surface area (Å²) in [6.07, 6.45) is 0. The van der Waals surface area contributed by atoms with E-state index in [1.165, 1.54) is 0 Å². The predicted octanol–water partition coefficient (Wildman–Crippen LogP) is 2.59. The molecule has 82 valence electrons. The van der Waals surface area contributed by atoms with Crippen molar-refractivity contribution in [1.29, 1.82) is 0 Å². The summed E-state index contributed by atoms with van der Waals surface area (Å²) in [4.78, 5) is 8.24. The van der Waals surface area contributed by atoms with Crippen molar-refractivity contribution >= 4 is 0 Å². The van der Waals surface area contributed by atoms with E-state index in [0.717, 1.165) is 5.75 Å². The van der Waals surface area contributed by atoms with Crippen LogP contribution in [-0.2, 0) is 0 Å². The summed E-state index contributed by atoms with van der Waals surface area (Å²) in [6.45, 7) is 1.79. The third-order valence-electron chi connectivity index (χ3n) is 1.97. The number of hydrogen-bond acceptors (Lipinski definition) is 4. The molecule has 2 rings (SSSR count). The van der Waals surface area contributed by atoms with Crippen LogP contribution >= 0.6 is 0 Å². The maximum absolute atomic E-state index is 5.57. The van der Waals surface area contributed by atoms with Crippen molar-refractivity contribution in [3.63, 3.8) is 0 Å². The third-order valence-corrected chi connectivity index (χ3v) is 1.97. The van der Waals surface area contributed by atoms with Gasteiger partial charge in [0.15, 0.2) is 0 Å². The van der Waals surface area contributed by atoms with Gasteiger partial charge in [-0.1, -0.05) is 18.2 Å².